The van der Waals surface area contributed by atoms with E-state index < -0.39 is 0 Å². The maximum atomic E-state index is 5.79. The van der Waals surface area contributed by atoms with Crippen molar-refractivity contribution in [3.05, 3.63) is 40.3 Å². The van der Waals surface area contributed by atoms with Crippen molar-refractivity contribution >= 4 is 27.3 Å². The van der Waals surface area contributed by atoms with Crippen LogP contribution in [0.15, 0.2) is 29.8 Å². The highest BCUT2D eigenvalue weighted by Gasteiger charge is 2.10. The van der Waals surface area contributed by atoms with Crippen molar-refractivity contribution in [2.24, 2.45) is 0 Å². The van der Waals surface area contributed by atoms with E-state index >= 15 is 0 Å². The molecule has 1 aromatic heterocycles. The second-order valence-corrected chi connectivity index (χ2v) is 4.84. The van der Waals surface area contributed by atoms with Crippen molar-refractivity contribution in [1.82, 2.24) is 4.98 Å². The van der Waals surface area contributed by atoms with Crippen LogP contribution in [-0.2, 0) is 11.9 Å². The average molecular weight is 314 g/mol. The maximum absolute atomic E-state index is 5.79. The first-order valence-electron chi connectivity index (χ1n) is 5.08. The molecule has 0 amide bonds. The van der Waals surface area contributed by atoms with E-state index in [1.807, 2.05) is 23.6 Å². The topological polar surface area (TPSA) is 31.4 Å². The number of methoxy groups -OCH3 is 1. The number of rotatable bonds is 5. The van der Waals surface area contributed by atoms with Gasteiger partial charge in [-0.2, -0.15) is 0 Å². The number of ether oxygens (including phenoxy) is 2. The molecule has 2 aromatic rings. The molecule has 0 radical (unpaired) electrons. The highest BCUT2D eigenvalue weighted by atomic mass is 79.9. The number of aromatic nitrogens is 1. The first-order chi connectivity index (χ1) is 8.35. The second-order valence-electron chi connectivity index (χ2n) is 3.30. The smallest absolute Gasteiger partial charge is 0.165 e. The van der Waals surface area contributed by atoms with Gasteiger partial charge in [0.05, 0.1) is 7.11 Å². The van der Waals surface area contributed by atoms with Crippen LogP contribution in [0.25, 0.3) is 0 Å². The summed E-state index contributed by atoms with van der Waals surface area (Å²) in [5, 5.41) is 3.63. The van der Waals surface area contributed by atoms with Crippen molar-refractivity contribution in [3.63, 3.8) is 0 Å². The van der Waals surface area contributed by atoms with Crippen molar-refractivity contribution in [3.8, 4) is 11.5 Å². The first-order valence-corrected chi connectivity index (χ1v) is 7.08. The third kappa shape index (κ3) is 2.98. The van der Waals surface area contributed by atoms with Gasteiger partial charge in [-0.15, -0.1) is 11.3 Å². The molecule has 90 valence electrons. The summed E-state index contributed by atoms with van der Waals surface area (Å²) in [7, 11) is 1.64. The third-order valence-corrected chi connectivity index (χ3v) is 3.61. The Morgan fingerprint density at radius 2 is 2.29 bits per heavy atom. The molecule has 0 aliphatic rings. The van der Waals surface area contributed by atoms with Crippen LogP contribution in [0.5, 0.6) is 11.5 Å². The van der Waals surface area contributed by atoms with Crippen LogP contribution in [0.4, 0.5) is 0 Å². The number of halogens is 1. The van der Waals surface area contributed by atoms with Crippen molar-refractivity contribution < 1.29 is 9.47 Å². The van der Waals surface area contributed by atoms with Gasteiger partial charge in [0.2, 0.25) is 0 Å². The molecule has 0 atom stereocenters. The summed E-state index contributed by atoms with van der Waals surface area (Å²) >= 11 is 5.02. The van der Waals surface area contributed by atoms with Gasteiger partial charge < -0.3 is 9.47 Å². The van der Waals surface area contributed by atoms with Gasteiger partial charge in [-0.3, -0.25) is 0 Å². The highest BCUT2D eigenvalue weighted by Crippen LogP contribution is 2.33. The Morgan fingerprint density at radius 1 is 1.41 bits per heavy atom. The summed E-state index contributed by atoms with van der Waals surface area (Å²) in [5.74, 6) is 1.53. The van der Waals surface area contributed by atoms with Gasteiger partial charge in [0.15, 0.2) is 11.5 Å². The zero-order valence-electron chi connectivity index (χ0n) is 9.35. The van der Waals surface area contributed by atoms with Crippen molar-refractivity contribution in [1.29, 1.82) is 0 Å². The standard InChI is InChI=1S/C12H12BrNO2S/c1-15-10-4-2-3-9(7-13)12(10)16-8-11-14-5-6-17-11/h2-6H,7-8H2,1H3. The molecule has 0 fully saturated rings. The fourth-order valence-corrected chi connectivity index (χ4v) is 2.42. The summed E-state index contributed by atoms with van der Waals surface area (Å²) in [6, 6.07) is 5.85. The molecule has 0 saturated carbocycles. The van der Waals surface area contributed by atoms with E-state index in [0.29, 0.717) is 6.61 Å². The van der Waals surface area contributed by atoms with Crippen LogP contribution in [0, 0.1) is 0 Å². The van der Waals surface area contributed by atoms with Crippen LogP contribution >= 0.6 is 27.3 Å². The molecule has 2 rings (SSSR count). The normalized spacial score (nSPS) is 10.2. The van der Waals surface area contributed by atoms with Crippen LogP contribution in [0.2, 0.25) is 0 Å². The Labute approximate surface area is 113 Å². The maximum Gasteiger partial charge on any atom is 0.165 e. The van der Waals surface area contributed by atoms with Crippen LogP contribution in [0.3, 0.4) is 0 Å². The summed E-state index contributed by atoms with van der Waals surface area (Å²) in [5.41, 5.74) is 1.07. The van der Waals surface area contributed by atoms with E-state index in [2.05, 4.69) is 20.9 Å². The summed E-state index contributed by atoms with van der Waals surface area (Å²) in [6.07, 6.45) is 1.77. The lowest BCUT2D eigenvalue weighted by Crippen LogP contribution is -1.99. The zero-order valence-corrected chi connectivity index (χ0v) is 11.8. The van der Waals surface area contributed by atoms with Crippen LogP contribution in [0.1, 0.15) is 10.6 Å². The minimum atomic E-state index is 0.470. The fraction of sp³-hybridized carbons (Fsp3) is 0.250. The van der Waals surface area contributed by atoms with Crippen LogP contribution < -0.4 is 9.47 Å². The molecule has 0 saturated heterocycles. The molecular formula is C12H12BrNO2S. The number of para-hydroxylation sites is 1. The zero-order chi connectivity index (χ0) is 12.1. The van der Waals surface area contributed by atoms with Gasteiger partial charge in [0, 0.05) is 22.5 Å². The van der Waals surface area contributed by atoms with E-state index in [-0.39, 0.29) is 0 Å². The van der Waals surface area contributed by atoms with Crippen molar-refractivity contribution in [2.75, 3.05) is 7.11 Å². The Hall–Kier alpha value is -1.07. The van der Waals surface area contributed by atoms with E-state index in [1.54, 1.807) is 24.6 Å². The summed E-state index contributed by atoms with van der Waals surface area (Å²) in [4.78, 5) is 4.18. The number of hydrogen-bond donors (Lipinski definition) is 0. The van der Waals surface area contributed by atoms with Gasteiger partial charge in [0.25, 0.3) is 0 Å². The Morgan fingerprint density at radius 3 is 2.94 bits per heavy atom. The molecule has 0 unspecified atom stereocenters. The Kier molecular flexibility index (Phi) is 4.39. The molecule has 5 heteroatoms. The molecule has 0 aliphatic heterocycles. The third-order valence-electron chi connectivity index (χ3n) is 2.25. The molecule has 1 aromatic carbocycles. The van der Waals surface area contributed by atoms with Gasteiger partial charge in [-0.25, -0.2) is 4.98 Å². The average Bonchev–Trinajstić information content (AvgIpc) is 2.88. The van der Waals surface area contributed by atoms with Gasteiger partial charge >= 0.3 is 0 Å². The Bertz CT molecular complexity index is 451. The Balaban J connectivity index is 2.18. The summed E-state index contributed by atoms with van der Waals surface area (Å²) in [6.45, 7) is 0.470. The van der Waals surface area contributed by atoms with E-state index in [0.717, 1.165) is 27.4 Å². The molecule has 3 nitrogen and oxygen atoms in total. The highest BCUT2D eigenvalue weighted by molar-refractivity contribution is 9.08. The lowest BCUT2D eigenvalue weighted by molar-refractivity contribution is 0.282. The largest absolute Gasteiger partial charge is 0.493 e. The lowest BCUT2D eigenvalue weighted by Gasteiger charge is -2.12. The number of benzene rings is 1. The van der Waals surface area contributed by atoms with Gasteiger partial charge in [-0.05, 0) is 6.07 Å². The van der Waals surface area contributed by atoms with Crippen molar-refractivity contribution in [2.45, 2.75) is 11.9 Å². The SMILES string of the molecule is COc1cccc(CBr)c1OCc1nccs1. The number of thiazole rings is 1. The number of alkyl halides is 1. The molecular weight excluding hydrogens is 302 g/mol. The monoisotopic (exact) mass is 313 g/mol. The molecule has 17 heavy (non-hydrogen) atoms. The molecule has 0 aliphatic carbocycles. The number of hydrogen-bond acceptors (Lipinski definition) is 4. The van der Waals surface area contributed by atoms with Crippen LogP contribution in [-0.4, -0.2) is 12.1 Å². The van der Waals surface area contributed by atoms with Gasteiger partial charge in [-0.1, -0.05) is 28.1 Å². The minimum absolute atomic E-state index is 0.470. The fourth-order valence-electron chi connectivity index (χ4n) is 1.45. The van der Waals surface area contributed by atoms with E-state index in [1.165, 1.54) is 0 Å². The van der Waals surface area contributed by atoms with E-state index in [4.69, 9.17) is 9.47 Å². The second kappa shape index (κ2) is 6.02. The summed E-state index contributed by atoms with van der Waals surface area (Å²) < 4.78 is 11.1. The molecule has 1 heterocycles. The number of nitrogens with zero attached hydrogens (tertiary/aromatic N) is 1. The predicted molar refractivity (Wildman–Crippen MR) is 72.1 cm³/mol. The van der Waals surface area contributed by atoms with E-state index in [9.17, 15) is 0 Å². The molecule has 0 N–H and O–H groups in total. The quantitative estimate of drug-likeness (QED) is 0.790. The first kappa shape index (κ1) is 12.4. The lowest BCUT2D eigenvalue weighted by atomic mass is 10.2. The molecule has 0 spiro atoms. The minimum Gasteiger partial charge on any atom is -0.493 e. The van der Waals surface area contributed by atoms with Gasteiger partial charge in [0.1, 0.15) is 11.6 Å². The molecule has 0 bridgehead atoms. The predicted octanol–water partition coefficient (Wildman–Crippen LogP) is 3.63.